The van der Waals surface area contributed by atoms with E-state index in [0.29, 0.717) is 17.4 Å². The van der Waals surface area contributed by atoms with Crippen molar-refractivity contribution in [2.24, 2.45) is 0 Å². The van der Waals surface area contributed by atoms with Crippen LogP contribution in [-0.2, 0) is 14.8 Å². The molecule has 1 N–H and O–H groups in total. The molecule has 20 heavy (non-hydrogen) atoms. The van der Waals surface area contributed by atoms with Crippen LogP contribution in [0.5, 0.6) is 0 Å². The Kier molecular flexibility index (Phi) is 4.73. The highest BCUT2D eigenvalue weighted by molar-refractivity contribution is 7.91. The standard InChI is InChI=1S/C12H17ClN2O3S2/c1-8-6-11(19-12(8)13)20(17,18)15-5-3-4-10(7-15)14-9(2)16/h6,10H,3-5,7H2,1-2H3,(H,14,16)/t10-/m0/s1. The predicted molar refractivity (Wildman–Crippen MR) is 79.7 cm³/mol. The summed E-state index contributed by atoms with van der Waals surface area (Å²) in [4.78, 5) is 11.1. The Morgan fingerprint density at radius 2 is 2.25 bits per heavy atom. The highest BCUT2D eigenvalue weighted by Crippen LogP contribution is 2.32. The summed E-state index contributed by atoms with van der Waals surface area (Å²) in [6.45, 7) is 4.02. The minimum absolute atomic E-state index is 0.118. The lowest BCUT2D eigenvalue weighted by Crippen LogP contribution is -2.48. The molecule has 0 aliphatic carbocycles. The Labute approximate surface area is 128 Å². The molecule has 1 aliphatic rings. The molecule has 112 valence electrons. The van der Waals surface area contributed by atoms with Gasteiger partial charge in [-0.2, -0.15) is 4.31 Å². The first-order valence-corrected chi connectivity index (χ1v) is 8.97. The summed E-state index contributed by atoms with van der Waals surface area (Å²) in [5, 5.41) is 2.78. The van der Waals surface area contributed by atoms with Crippen LogP contribution in [-0.4, -0.2) is 37.8 Å². The zero-order chi connectivity index (χ0) is 14.9. The van der Waals surface area contributed by atoms with Crippen LogP contribution in [0.3, 0.4) is 0 Å². The number of carbonyl (C=O) groups is 1. The van der Waals surface area contributed by atoms with Gasteiger partial charge in [0.05, 0.1) is 4.34 Å². The maximum atomic E-state index is 12.5. The third-order valence-corrected chi connectivity index (χ3v) is 7.09. The molecule has 1 fully saturated rings. The summed E-state index contributed by atoms with van der Waals surface area (Å²) < 4.78 is 27.3. The van der Waals surface area contributed by atoms with Crippen molar-refractivity contribution in [2.75, 3.05) is 13.1 Å². The van der Waals surface area contributed by atoms with E-state index < -0.39 is 10.0 Å². The lowest BCUT2D eigenvalue weighted by Gasteiger charge is -2.31. The largest absolute Gasteiger partial charge is 0.352 e. The van der Waals surface area contributed by atoms with Gasteiger partial charge in [-0.15, -0.1) is 11.3 Å². The lowest BCUT2D eigenvalue weighted by molar-refractivity contribution is -0.119. The molecule has 2 rings (SSSR count). The number of carbonyl (C=O) groups excluding carboxylic acids is 1. The van der Waals surface area contributed by atoms with Gasteiger partial charge >= 0.3 is 0 Å². The number of thiophene rings is 1. The van der Waals surface area contributed by atoms with E-state index >= 15 is 0 Å². The molecule has 1 saturated heterocycles. The summed E-state index contributed by atoms with van der Waals surface area (Å²) in [6, 6.07) is 1.48. The van der Waals surface area contributed by atoms with Gasteiger partial charge in [-0.25, -0.2) is 8.42 Å². The van der Waals surface area contributed by atoms with Crippen molar-refractivity contribution in [2.45, 2.75) is 36.9 Å². The number of nitrogens with one attached hydrogen (secondary N) is 1. The van der Waals surface area contributed by atoms with Crippen molar-refractivity contribution in [1.29, 1.82) is 0 Å². The van der Waals surface area contributed by atoms with Crippen LogP contribution in [0.1, 0.15) is 25.3 Å². The number of hydrogen-bond acceptors (Lipinski definition) is 4. The van der Waals surface area contributed by atoms with Crippen LogP contribution in [0.4, 0.5) is 0 Å². The first-order chi connectivity index (χ1) is 9.30. The number of hydrogen-bond donors (Lipinski definition) is 1. The average Bonchev–Trinajstić information content (AvgIpc) is 2.70. The van der Waals surface area contributed by atoms with E-state index in [4.69, 9.17) is 11.6 Å². The van der Waals surface area contributed by atoms with E-state index in [9.17, 15) is 13.2 Å². The number of rotatable bonds is 3. The van der Waals surface area contributed by atoms with Crippen LogP contribution in [0, 0.1) is 6.92 Å². The molecular formula is C12H17ClN2O3S2. The third kappa shape index (κ3) is 3.33. The van der Waals surface area contributed by atoms with Crippen molar-refractivity contribution < 1.29 is 13.2 Å². The van der Waals surface area contributed by atoms with Gasteiger partial charge in [0.1, 0.15) is 4.21 Å². The Morgan fingerprint density at radius 3 is 2.80 bits per heavy atom. The SMILES string of the molecule is CC(=O)N[C@H]1CCCN(S(=O)(=O)c2cc(C)c(Cl)s2)C1. The molecule has 0 saturated carbocycles. The average molecular weight is 337 g/mol. The molecule has 1 amide bonds. The van der Waals surface area contributed by atoms with Gasteiger partial charge in [-0.1, -0.05) is 11.6 Å². The van der Waals surface area contributed by atoms with Gasteiger partial charge in [0.15, 0.2) is 0 Å². The van der Waals surface area contributed by atoms with E-state index in [1.165, 1.54) is 11.2 Å². The quantitative estimate of drug-likeness (QED) is 0.918. The number of nitrogens with zero attached hydrogens (tertiary/aromatic N) is 1. The van der Waals surface area contributed by atoms with Crippen molar-refractivity contribution in [1.82, 2.24) is 9.62 Å². The molecule has 1 aromatic rings. The van der Waals surface area contributed by atoms with Crippen molar-refractivity contribution in [3.05, 3.63) is 16.0 Å². The van der Waals surface area contributed by atoms with Crippen LogP contribution >= 0.6 is 22.9 Å². The van der Waals surface area contributed by atoms with Gasteiger partial charge in [0, 0.05) is 26.1 Å². The Balaban J connectivity index is 2.19. The fraction of sp³-hybridized carbons (Fsp3) is 0.583. The smallest absolute Gasteiger partial charge is 0.252 e. The molecule has 8 heteroatoms. The molecule has 5 nitrogen and oxygen atoms in total. The first-order valence-electron chi connectivity index (χ1n) is 6.34. The monoisotopic (exact) mass is 336 g/mol. The highest BCUT2D eigenvalue weighted by Gasteiger charge is 2.31. The summed E-state index contributed by atoms with van der Waals surface area (Å²) in [7, 11) is -3.52. The van der Waals surface area contributed by atoms with Crippen LogP contribution < -0.4 is 5.32 Å². The van der Waals surface area contributed by atoms with E-state index in [1.807, 2.05) is 0 Å². The summed E-state index contributed by atoms with van der Waals surface area (Å²) in [5.41, 5.74) is 0.769. The molecule has 1 aromatic heterocycles. The highest BCUT2D eigenvalue weighted by atomic mass is 35.5. The zero-order valence-corrected chi connectivity index (χ0v) is 13.7. The molecule has 0 aromatic carbocycles. The summed E-state index contributed by atoms with van der Waals surface area (Å²) in [5.74, 6) is -0.135. The molecule has 1 atom stereocenters. The van der Waals surface area contributed by atoms with Gasteiger partial charge < -0.3 is 5.32 Å². The molecule has 2 heterocycles. The number of aryl methyl sites for hydroxylation is 1. The van der Waals surface area contributed by atoms with E-state index in [1.54, 1.807) is 13.0 Å². The number of sulfonamides is 1. The zero-order valence-electron chi connectivity index (χ0n) is 11.3. The summed E-state index contributed by atoms with van der Waals surface area (Å²) >= 11 is 7.03. The molecule has 0 spiro atoms. The van der Waals surface area contributed by atoms with Gasteiger partial charge in [-0.3, -0.25) is 4.79 Å². The first kappa shape index (κ1) is 15.8. The molecule has 0 unspecified atom stereocenters. The van der Waals surface area contributed by atoms with Crippen LogP contribution in [0.15, 0.2) is 10.3 Å². The molecule has 0 radical (unpaired) electrons. The third-order valence-electron chi connectivity index (χ3n) is 3.22. The fourth-order valence-electron chi connectivity index (χ4n) is 2.25. The van der Waals surface area contributed by atoms with E-state index in [-0.39, 0.29) is 16.2 Å². The minimum atomic E-state index is -3.52. The van der Waals surface area contributed by atoms with Crippen molar-refractivity contribution in [3.63, 3.8) is 0 Å². The van der Waals surface area contributed by atoms with Gasteiger partial charge in [0.25, 0.3) is 10.0 Å². The summed E-state index contributed by atoms with van der Waals surface area (Å²) in [6.07, 6.45) is 1.54. The molecule has 1 aliphatic heterocycles. The topological polar surface area (TPSA) is 66.5 Å². The van der Waals surface area contributed by atoms with E-state index in [0.717, 1.165) is 29.7 Å². The number of piperidine rings is 1. The van der Waals surface area contributed by atoms with Crippen molar-refractivity contribution in [3.8, 4) is 0 Å². The lowest BCUT2D eigenvalue weighted by atomic mass is 10.1. The minimum Gasteiger partial charge on any atom is -0.352 e. The Morgan fingerprint density at radius 1 is 1.55 bits per heavy atom. The second-order valence-electron chi connectivity index (χ2n) is 4.92. The Hall–Kier alpha value is -0.630. The van der Waals surface area contributed by atoms with Gasteiger partial charge in [-0.05, 0) is 31.4 Å². The maximum absolute atomic E-state index is 12.5. The predicted octanol–water partition coefficient (Wildman–Crippen LogP) is 2.00. The normalized spacial score (nSPS) is 20.9. The fourth-order valence-corrected chi connectivity index (χ4v) is 5.64. The van der Waals surface area contributed by atoms with E-state index in [2.05, 4.69) is 5.32 Å². The number of halogens is 1. The molecule has 0 bridgehead atoms. The van der Waals surface area contributed by atoms with Crippen LogP contribution in [0.2, 0.25) is 4.34 Å². The maximum Gasteiger partial charge on any atom is 0.252 e. The van der Waals surface area contributed by atoms with Gasteiger partial charge in [0.2, 0.25) is 5.91 Å². The Bertz CT molecular complexity index is 593. The molecular weight excluding hydrogens is 320 g/mol. The van der Waals surface area contributed by atoms with Crippen LogP contribution in [0.25, 0.3) is 0 Å². The second-order valence-corrected chi connectivity index (χ2v) is 8.74. The van der Waals surface area contributed by atoms with Crippen molar-refractivity contribution >= 4 is 38.9 Å². The second kappa shape index (κ2) is 6.01. The number of amides is 1.